The summed E-state index contributed by atoms with van der Waals surface area (Å²) < 4.78 is 1.01. The van der Waals surface area contributed by atoms with Gasteiger partial charge in [0.25, 0.3) is 0 Å². The Morgan fingerprint density at radius 3 is 2.56 bits per heavy atom. The van der Waals surface area contributed by atoms with Crippen LogP contribution in [0.15, 0.2) is 16.9 Å². The van der Waals surface area contributed by atoms with Crippen LogP contribution in [-0.4, -0.2) is 15.4 Å². The highest BCUT2D eigenvalue weighted by molar-refractivity contribution is 5.78. The van der Waals surface area contributed by atoms with Crippen molar-refractivity contribution in [1.82, 2.24) is 4.57 Å². The fourth-order valence-electron chi connectivity index (χ4n) is 1.38. The van der Waals surface area contributed by atoms with Crippen molar-refractivity contribution in [2.45, 2.75) is 19.9 Å². The van der Waals surface area contributed by atoms with E-state index in [4.69, 9.17) is 5.73 Å². The topological polar surface area (TPSA) is 108 Å². The van der Waals surface area contributed by atoms with Crippen molar-refractivity contribution in [2.24, 2.45) is 5.73 Å². The van der Waals surface area contributed by atoms with E-state index in [0.717, 1.165) is 10.6 Å². The van der Waals surface area contributed by atoms with Crippen LogP contribution < -0.4 is 11.3 Å². The van der Waals surface area contributed by atoms with E-state index < -0.39 is 28.1 Å². The molecule has 0 radical (unpaired) electrons. The van der Waals surface area contributed by atoms with Crippen LogP contribution in [0.2, 0.25) is 0 Å². The zero-order valence-electron chi connectivity index (χ0n) is 8.84. The summed E-state index contributed by atoms with van der Waals surface area (Å²) in [6.07, 6.45) is 0. The van der Waals surface area contributed by atoms with Gasteiger partial charge in [0.05, 0.1) is 4.92 Å². The van der Waals surface area contributed by atoms with Crippen LogP contribution in [0, 0.1) is 17.0 Å². The molecule has 0 aromatic carbocycles. The van der Waals surface area contributed by atoms with Gasteiger partial charge >= 0.3 is 11.2 Å². The number of amides is 1. The van der Waals surface area contributed by atoms with Crippen molar-refractivity contribution >= 4 is 11.6 Å². The minimum atomic E-state index is -0.910. The van der Waals surface area contributed by atoms with Gasteiger partial charge < -0.3 is 5.73 Å². The molecule has 1 unspecified atom stereocenters. The molecule has 0 aliphatic rings. The normalized spacial score (nSPS) is 12.1. The van der Waals surface area contributed by atoms with Crippen molar-refractivity contribution in [1.29, 1.82) is 0 Å². The first-order valence-electron chi connectivity index (χ1n) is 4.52. The van der Waals surface area contributed by atoms with E-state index in [1.165, 1.54) is 13.0 Å². The first-order valence-corrected chi connectivity index (χ1v) is 4.52. The lowest BCUT2D eigenvalue weighted by molar-refractivity contribution is -0.386. The van der Waals surface area contributed by atoms with Gasteiger partial charge in [-0.05, 0) is 19.9 Å². The smallest absolute Gasteiger partial charge is 0.334 e. The number of hydrogen-bond donors (Lipinski definition) is 1. The van der Waals surface area contributed by atoms with Crippen LogP contribution in [0.5, 0.6) is 0 Å². The molecular weight excluding hydrogens is 214 g/mol. The lowest BCUT2D eigenvalue weighted by Crippen LogP contribution is -2.34. The second-order valence-corrected chi connectivity index (χ2v) is 3.37. The second kappa shape index (κ2) is 4.13. The van der Waals surface area contributed by atoms with E-state index in [-0.39, 0.29) is 0 Å². The molecular formula is C9H11N3O4. The molecule has 1 atom stereocenters. The van der Waals surface area contributed by atoms with Gasteiger partial charge in [-0.25, -0.2) is 0 Å². The molecule has 86 valence electrons. The summed E-state index contributed by atoms with van der Waals surface area (Å²) in [6, 6.07) is 1.60. The number of nitrogens with two attached hydrogens (primary N) is 1. The van der Waals surface area contributed by atoms with Crippen LogP contribution in [0.4, 0.5) is 5.69 Å². The first kappa shape index (κ1) is 11.9. The number of carbonyl (C=O) groups is 1. The maximum atomic E-state index is 11.7. The second-order valence-electron chi connectivity index (χ2n) is 3.37. The average molecular weight is 225 g/mol. The van der Waals surface area contributed by atoms with Crippen molar-refractivity contribution in [3.63, 3.8) is 0 Å². The lowest BCUT2D eigenvalue weighted by atomic mass is 10.2. The highest BCUT2D eigenvalue weighted by Crippen LogP contribution is 2.10. The van der Waals surface area contributed by atoms with E-state index in [1.807, 2.05) is 0 Å². The number of rotatable bonds is 3. The van der Waals surface area contributed by atoms with E-state index >= 15 is 0 Å². The summed E-state index contributed by atoms with van der Waals surface area (Å²) in [5.74, 6) is -0.717. The van der Waals surface area contributed by atoms with E-state index in [2.05, 4.69) is 0 Å². The standard InChI is InChI=1S/C9H11N3O4/c1-5-3-4-7(12(15)16)9(14)11(5)6(2)8(10)13/h3-4,6H,1-2H3,(H2,10,13). The predicted octanol–water partition coefficient (Wildman–Crippen LogP) is 0.111. The van der Waals surface area contributed by atoms with Crippen LogP contribution in [0.1, 0.15) is 18.7 Å². The Labute approximate surface area is 90.6 Å². The van der Waals surface area contributed by atoms with Crippen LogP contribution >= 0.6 is 0 Å². The van der Waals surface area contributed by atoms with Gasteiger partial charge in [-0.1, -0.05) is 0 Å². The Bertz CT molecular complexity index is 506. The van der Waals surface area contributed by atoms with Gasteiger partial charge in [0.2, 0.25) is 5.91 Å². The van der Waals surface area contributed by atoms with Crippen LogP contribution in [-0.2, 0) is 4.79 Å². The number of aryl methyl sites for hydroxylation is 1. The fourth-order valence-corrected chi connectivity index (χ4v) is 1.38. The third-order valence-corrected chi connectivity index (χ3v) is 2.30. The zero-order valence-corrected chi connectivity index (χ0v) is 8.84. The minimum absolute atomic E-state index is 0.446. The summed E-state index contributed by atoms with van der Waals surface area (Å²) in [7, 11) is 0. The molecule has 0 saturated carbocycles. The summed E-state index contributed by atoms with van der Waals surface area (Å²) in [5, 5.41) is 10.6. The Morgan fingerprint density at radius 1 is 1.56 bits per heavy atom. The third-order valence-electron chi connectivity index (χ3n) is 2.30. The molecule has 0 saturated heterocycles. The molecule has 0 spiro atoms. The minimum Gasteiger partial charge on any atom is -0.368 e. The highest BCUT2D eigenvalue weighted by Gasteiger charge is 2.21. The molecule has 1 aromatic rings. The molecule has 0 fully saturated rings. The van der Waals surface area contributed by atoms with Crippen molar-refractivity contribution in [2.75, 3.05) is 0 Å². The predicted molar refractivity (Wildman–Crippen MR) is 56.0 cm³/mol. The number of aromatic nitrogens is 1. The molecule has 7 nitrogen and oxygen atoms in total. The Hall–Kier alpha value is -2.18. The van der Waals surface area contributed by atoms with E-state index in [1.54, 1.807) is 6.92 Å². The maximum absolute atomic E-state index is 11.7. The van der Waals surface area contributed by atoms with Crippen LogP contribution in [0.25, 0.3) is 0 Å². The number of primary amides is 1. The summed E-state index contributed by atoms with van der Waals surface area (Å²) in [4.78, 5) is 32.4. The van der Waals surface area contributed by atoms with Crippen molar-refractivity contribution in [3.05, 3.63) is 38.3 Å². The molecule has 16 heavy (non-hydrogen) atoms. The Morgan fingerprint density at radius 2 is 2.12 bits per heavy atom. The molecule has 1 heterocycles. The maximum Gasteiger partial charge on any atom is 0.334 e. The SMILES string of the molecule is Cc1ccc([N+](=O)[O-])c(=O)n1C(C)C(N)=O. The van der Waals surface area contributed by atoms with Gasteiger partial charge in [0, 0.05) is 11.8 Å². The quantitative estimate of drug-likeness (QED) is 0.581. The summed E-state index contributed by atoms with van der Waals surface area (Å²) in [5.41, 5.74) is 4.12. The highest BCUT2D eigenvalue weighted by atomic mass is 16.6. The van der Waals surface area contributed by atoms with E-state index in [9.17, 15) is 19.7 Å². The Kier molecular flexibility index (Phi) is 3.07. The molecule has 7 heteroatoms. The zero-order chi connectivity index (χ0) is 12.5. The number of nitrogens with zero attached hydrogens (tertiary/aromatic N) is 2. The number of hydrogen-bond acceptors (Lipinski definition) is 4. The molecule has 0 bridgehead atoms. The van der Waals surface area contributed by atoms with Gasteiger partial charge in [0.15, 0.2) is 0 Å². The summed E-state index contributed by atoms with van der Waals surface area (Å²) in [6.45, 7) is 2.99. The molecule has 0 aliphatic carbocycles. The van der Waals surface area contributed by atoms with Crippen molar-refractivity contribution in [3.8, 4) is 0 Å². The molecule has 1 aromatic heterocycles. The first-order chi connectivity index (χ1) is 7.36. The number of nitro groups is 1. The Balaban J connectivity index is 3.50. The summed E-state index contributed by atoms with van der Waals surface area (Å²) >= 11 is 0. The average Bonchev–Trinajstić information content (AvgIpc) is 2.16. The largest absolute Gasteiger partial charge is 0.368 e. The molecule has 0 aliphatic heterocycles. The monoisotopic (exact) mass is 225 g/mol. The van der Waals surface area contributed by atoms with Gasteiger partial charge in [0.1, 0.15) is 6.04 Å². The lowest BCUT2D eigenvalue weighted by Gasteiger charge is -2.14. The van der Waals surface area contributed by atoms with Gasteiger partial charge in [-0.15, -0.1) is 0 Å². The fraction of sp³-hybridized carbons (Fsp3) is 0.333. The molecule has 1 rings (SSSR count). The third kappa shape index (κ3) is 1.92. The number of pyridine rings is 1. The molecule has 1 amide bonds. The molecule has 2 N–H and O–H groups in total. The number of carbonyl (C=O) groups excluding carboxylic acids is 1. The van der Waals surface area contributed by atoms with Gasteiger partial charge in [-0.3, -0.25) is 24.3 Å². The van der Waals surface area contributed by atoms with Gasteiger partial charge in [-0.2, -0.15) is 0 Å². The van der Waals surface area contributed by atoms with Crippen LogP contribution in [0.3, 0.4) is 0 Å². The van der Waals surface area contributed by atoms with Crippen molar-refractivity contribution < 1.29 is 9.72 Å². The van der Waals surface area contributed by atoms with E-state index in [0.29, 0.717) is 5.69 Å².